The molecule has 1 fully saturated rings. The highest BCUT2D eigenvalue weighted by Gasteiger charge is 2.41. The quantitative estimate of drug-likeness (QED) is 0.106. The normalized spacial score (nSPS) is 18.4. The molecule has 5 aliphatic heterocycles. The number of H-pyrrole nitrogens is 2. The largest absolute Gasteiger partial charge is 0.457 e. The summed E-state index contributed by atoms with van der Waals surface area (Å²) in [5.41, 5.74) is 8.95. The number of rotatable bonds is 12. The lowest BCUT2D eigenvalue weighted by molar-refractivity contribution is -0.148. The average molecular weight is 933 g/mol. The fourth-order valence-corrected chi connectivity index (χ4v) is 9.37. The van der Waals surface area contributed by atoms with Gasteiger partial charge in [0.2, 0.25) is 5.91 Å². The molecular formula is C52H68N8O8. The molecule has 0 unspecified atom stereocenters. The van der Waals surface area contributed by atoms with Crippen molar-refractivity contribution in [3.8, 4) is 0 Å². The molecule has 2 atom stereocenters. The van der Waals surface area contributed by atoms with E-state index in [9.17, 15) is 19.2 Å². The molecule has 1 saturated heterocycles. The topological polar surface area (TPSA) is 192 Å². The molecule has 7 rings (SSSR count). The average Bonchev–Trinajstić information content (AvgIpc) is 3.94. The molecule has 2 aromatic heterocycles. The Kier molecular flexibility index (Phi) is 14.5. The summed E-state index contributed by atoms with van der Waals surface area (Å²) < 4.78 is 16.6. The second-order valence-electron chi connectivity index (χ2n) is 20.2. The van der Waals surface area contributed by atoms with Crippen molar-refractivity contribution in [2.45, 2.75) is 118 Å². The number of aryl methyl sites for hydroxylation is 1. The van der Waals surface area contributed by atoms with Crippen LogP contribution in [0.1, 0.15) is 161 Å². The minimum absolute atomic E-state index is 0.132. The number of aromatic nitrogens is 4. The zero-order valence-electron chi connectivity index (χ0n) is 41.8. The molecule has 0 saturated carbocycles. The van der Waals surface area contributed by atoms with Gasteiger partial charge in [-0.05, 0) is 122 Å². The molecule has 16 heteroatoms. The van der Waals surface area contributed by atoms with Crippen LogP contribution in [0, 0.1) is 6.92 Å². The van der Waals surface area contributed by atoms with E-state index in [2.05, 4.69) is 34.0 Å². The first-order valence-electron chi connectivity index (χ1n) is 23.8. The second-order valence-corrected chi connectivity index (χ2v) is 20.2. The van der Waals surface area contributed by atoms with Crippen molar-refractivity contribution in [2.24, 2.45) is 0 Å². The summed E-state index contributed by atoms with van der Waals surface area (Å²) >= 11 is 0. The summed E-state index contributed by atoms with van der Waals surface area (Å²) in [6.07, 6.45) is 3.81. The van der Waals surface area contributed by atoms with E-state index >= 15 is 4.79 Å². The maximum absolute atomic E-state index is 15.2. The first-order valence-corrected chi connectivity index (χ1v) is 23.8. The number of esters is 1. The lowest BCUT2D eigenvalue weighted by Gasteiger charge is -2.31. The lowest BCUT2D eigenvalue weighted by Crippen LogP contribution is -2.47. The molecule has 0 spiro atoms. The number of hydrogen-bond acceptors (Lipinski definition) is 11. The van der Waals surface area contributed by atoms with Crippen LogP contribution in [-0.4, -0.2) is 135 Å². The van der Waals surface area contributed by atoms with Crippen LogP contribution in [0.2, 0.25) is 0 Å². The standard InChI is InChI=1S/C52H68N8O8/c1-13-33-29(2)37-27-41-34(15-17-43(62)67-51(6,7)8)30(3)36(55-41)26-38-31(4)35(14-16-42(61)58(12)19-18-53-50(65)68-52(9,10)11)46(56-38)45-47-44(32(5)39(57-47)28-40(33)54-37)48(63)60(49(45)64)21-20-59-22-24-66-25-23-59/h15,17,26-28,31,35,56-57H,13-14,16,18-25H2,1-12H3,(H,53,65)/b17-15+,38-26?,40-28?,41-27?,46-45?/t31-,35-/m0/s1. The predicted molar refractivity (Wildman–Crippen MR) is 262 cm³/mol. The lowest BCUT2D eigenvalue weighted by atomic mass is 9.84. The summed E-state index contributed by atoms with van der Waals surface area (Å²) in [7, 11) is 1.70. The van der Waals surface area contributed by atoms with Gasteiger partial charge in [0.05, 0.1) is 52.6 Å². The summed E-state index contributed by atoms with van der Waals surface area (Å²) in [5, 5.41) is 2.72. The third-order valence-corrected chi connectivity index (χ3v) is 13.1. The fourth-order valence-electron chi connectivity index (χ4n) is 9.37. The van der Waals surface area contributed by atoms with Gasteiger partial charge in [-0.2, -0.15) is 0 Å². The van der Waals surface area contributed by atoms with Crippen LogP contribution in [0.5, 0.6) is 0 Å². The molecule has 7 heterocycles. The number of likely N-dealkylation sites (N-methyl/N-ethyl adjacent to an activating group) is 1. The molecule has 0 radical (unpaired) electrons. The van der Waals surface area contributed by atoms with Crippen molar-refractivity contribution < 1.29 is 38.2 Å². The van der Waals surface area contributed by atoms with Crippen LogP contribution < -0.4 is 5.32 Å². The van der Waals surface area contributed by atoms with E-state index in [1.54, 1.807) is 38.8 Å². The number of imide groups is 1. The number of aromatic amines is 2. The number of hydrogen-bond donors (Lipinski definition) is 3. The number of carbonyl (C=O) groups is 5. The van der Waals surface area contributed by atoms with Gasteiger partial charge >= 0.3 is 12.1 Å². The second kappa shape index (κ2) is 19.8. The van der Waals surface area contributed by atoms with Gasteiger partial charge in [-0.3, -0.25) is 24.2 Å². The van der Waals surface area contributed by atoms with Crippen LogP contribution >= 0.6 is 0 Å². The number of alkyl carbamates (subject to hydrolysis) is 1. The van der Waals surface area contributed by atoms with Crippen LogP contribution in [0.15, 0.2) is 30.4 Å². The number of carbonyl (C=O) groups excluding carboxylic acids is 5. The van der Waals surface area contributed by atoms with E-state index in [1.807, 2.05) is 59.7 Å². The van der Waals surface area contributed by atoms with Gasteiger partial charge < -0.3 is 34.4 Å². The Morgan fingerprint density at radius 2 is 1.54 bits per heavy atom. The smallest absolute Gasteiger partial charge is 0.407 e. The highest BCUT2D eigenvalue weighted by molar-refractivity contribution is 6.23. The molecule has 4 amide bonds. The van der Waals surface area contributed by atoms with Gasteiger partial charge in [-0.15, -0.1) is 0 Å². The Morgan fingerprint density at radius 1 is 0.882 bits per heavy atom. The first kappa shape index (κ1) is 49.8. The van der Waals surface area contributed by atoms with Crippen molar-refractivity contribution in [2.75, 3.05) is 59.5 Å². The van der Waals surface area contributed by atoms with E-state index in [1.165, 1.54) is 11.0 Å². The molecule has 0 aromatic carbocycles. The van der Waals surface area contributed by atoms with Crippen LogP contribution in [-0.2, 0) is 23.8 Å². The summed E-state index contributed by atoms with van der Waals surface area (Å²) in [5.74, 6) is -2.00. The number of fused-ring (bicyclic) bond motifs is 8. The molecular weight excluding hydrogens is 865 g/mol. The van der Waals surface area contributed by atoms with Gasteiger partial charge in [0.15, 0.2) is 0 Å². The monoisotopic (exact) mass is 933 g/mol. The predicted octanol–water partition coefficient (Wildman–Crippen LogP) is 8.09. The van der Waals surface area contributed by atoms with Crippen molar-refractivity contribution in [1.29, 1.82) is 0 Å². The van der Waals surface area contributed by atoms with E-state index in [-0.39, 0.29) is 49.7 Å². The van der Waals surface area contributed by atoms with E-state index in [0.29, 0.717) is 90.5 Å². The van der Waals surface area contributed by atoms with Crippen LogP contribution in [0.25, 0.3) is 33.3 Å². The Hall–Kier alpha value is -6.13. The van der Waals surface area contributed by atoms with Crippen LogP contribution in [0.4, 0.5) is 4.79 Å². The van der Waals surface area contributed by atoms with Crippen molar-refractivity contribution in [1.82, 2.24) is 40.0 Å². The Morgan fingerprint density at radius 3 is 2.22 bits per heavy atom. The van der Waals surface area contributed by atoms with E-state index < -0.39 is 29.2 Å². The third kappa shape index (κ3) is 10.8. The highest BCUT2D eigenvalue weighted by atomic mass is 16.6. The zero-order valence-corrected chi connectivity index (χ0v) is 41.8. The molecule has 16 nitrogen and oxygen atoms in total. The SMILES string of the molecule is CCC1=C(C)c2cc3nc(cc4[nH]c(c5c6[nH]c(cc1n2)c(C)c6C(=O)N(CCN1CCOCC1)C5=O)[C@@H](CCC(=O)N(C)CCNC(=O)OC(C)(C)C)[C@@H]4C)C(C)=C3/C=C/C(=O)OC(C)(C)C. The number of nitrogens with zero attached hydrogens (tertiary/aromatic N) is 5. The number of morpholine rings is 1. The maximum atomic E-state index is 15.2. The first-order chi connectivity index (χ1) is 32.0. The maximum Gasteiger partial charge on any atom is 0.407 e. The number of amides is 4. The minimum atomic E-state index is -0.674. The Balaban J connectivity index is 1.39. The van der Waals surface area contributed by atoms with Gasteiger partial charge in [0, 0.05) is 93.1 Å². The van der Waals surface area contributed by atoms with Gasteiger partial charge in [0.1, 0.15) is 11.2 Å². The summed E-state index contributed by atoms with van der Waals surface area (Å²) in [4.78, 5) is 91.8. The van der Waals surface area contributed by atoms with Gasteiger partial charge in [-0.1, -0.05) is 13.8 Å². The molecule has 68 heavy (non-hydrogen) atoms. The van der Waals surface area contributed by atoms with Crippen LogP contribution in [0.3, 0.4) is 0 Å². The van der Waals surface area contributed by atoms with E-state index in [0.717, 1.165) is 39.4 Å². The van der Waals surface area contributed by atoms with Crippen molar-refractivity contribution >= 4 is 63.1 Å². The van der Waals surface area contributed by atoms with Crippen molar-refractivity contribution in [3.05, 3.63) is 81.2 Å². The molecule has 3 N–H and O–H groups in total. The molecule has 2 aromatic rings. The van der Waals surface area contributed by atoms with Gasteiger partial charge in [0.25, 0.3) is 11.8 Å². The molecule has 0 aliphatic carbocycles. The highest BCUT2D eigenvalue weighted by Crippen LogP contribution is 2.45. The number of nitrogens with one attached hydrogen (secondary N) is 3. The van der Waals surface area contributed by atoms with E-state index in [4.69, 9.17) is 24.2 Å². The Labute approximate surface area is 399 Å². The van der Waals surface area contributed by atoms with Gasteiger partial charge in [-0.25, -0.2) is 19.6 Å². The fraction of sp³-hybridized carbons (Fsp3) is 0.519. The zero-order chi connectivity index (χ0) is 49.4. The Bertz CT molecular complexity index is 2680. The molecule has 8 bridgehead atoms. The molecule has 364 valence electrons. The minimum Gasteiger partial charge on any atom is -0.457 e. The van der Waals surface area contributed by atoms with Crippen molar-refractivity contribution in [3.63, 3.8) is 0 Å². The number of ether oxygens (including phenoxy) is 3. The number of allylic oxidation sites excluding steroid dienone is 5. The third-order valence-electron chi connectivity index (χ3n) is 13.1. The summed E-state index contributed by atoms with van der Waals surface area (Å²) in [6.45, 7) is 24.6. The molecule has 5 aliphatic rings. The summed E-state index contributed by atoms with van der Waals surface area (Å²) in [6, 6.07) is 5.89.